The van der Waals surface area contributed by atoms with Crippen LogP contribution in [-0.2, 0) is 14.6 Å². The van der Waals surface area contributed by atoms with Gasteiger partial charge in [-0.15, -0.1) is 0 Å². The summed E-state index contributed by atoms with van der Waals surface area (Å²) in [4.78, 5) is 20.2. The monoisotopic (exact) mass is 290 g/mol. The van der Waals surface area contributed by atoms with Crippen LogP contribution in [0.1, 0.15) is 79.1 Å². The zero-order valence-electron chi connectivity index (χ0n) is 13.8. The van der Waals surface area contributed by atoms with Crippen LogP contribution in [0.25, 0.3) is 0 Å². The highest BCUT2D eigenvalue weighted by atomic mass is 17.2. The van der Waals surface area contributed by atoms with Crippen LogP contribution in [0.5, 0.6) is 0 Å². The Morgan fingerprint density at radius 3 is 1.65 bits per heavy atom. The summed E-state index contributed by atoms with van der Waals surface area (Å²) in [6.45, 7) is 9.74. The SMILES string of the molecule is CCCCC(CC)C(=O)O.CCCCOOCCCC. The van der Waals surface area contributed by atoms with Crippen molar-refractivity contribution in [1.29, 1.82) is 0 Å². The fourth-order valence-electron chi connectivity index (χ4n) is 1.48. The molecule has 0 aliphatic heterocycles. The molecule has 0 spiro atoms. The molecule has 0 aromatic carbocycles. The van der Waals surface area contributed by atoms with Crippen molar-refractivity contribution >= 4 is 5.97 Å². The van der Waals surface area contributed by atoms with Crippen molar-refractivity contribution in [2.24, 2.45) is 5.92 Å². The van der Waals surface area contributed by atoms with Crippen molar-refractivity contribution in [3.8, 4) is 0 Å². The van der Waals surface area contributed by atoms with Crippen LogP contribution in [0.4, 0.5) is 0 Å². The number of hydrogen-bond donors (Lipinski definition) is 1. The first kappa shape index (κ1) is 21.7. The molecular weight excluding hydrogens is 256 g/mol. The van der Waals surface area contributed by atoms with Crippen LogP contribution in [0.3, 0.4) is 0 Å². The van der Waals surface area contributed by atoms with Gasteiger partial charge in [0.05, 0.1) is 19.1 Å². The lowest BCUT2D eigenvalue weighted by atomic mass is 10.00. The maximum absolute atomic E-state index is 10.4. The molecule has 1 N–H and O–H groups in total. The largest absolute Gasteiger partial charge is 0.481 e. The third-order valence-corrected chi connectivity index (χ3v) is 2.99. The predicted octanol–water partition coefficient (Wildman–Crippen LogP) is 4.82. The van der Waals surface area contributed by atoms with Gasteiger partial charge in [0.15, 0.2) is 0 Å². The summed E-state index contributed by atoms with van der Waals surface area (Å²) in [7, 11) is 0. The molecule has 0 rings (SSSR count). The zero-order valence-corrected chi connectivity index (χ0v) is 13.8. The van der Waals surface area contributed by atoms with Gasteiger partial charge in [0.25, 0.3) is 0 Å². The number of aliphatic carboxylic acids is 1. The molecule has 0 saturated heterocycles. The second-order valence-electron chi connectivity index (χ2n) is 4.94. The van der Waals surface area contributed by atoms with Crippen LogP contribution in [0.15, 0.2) is 0 Å². The lowest BCUT2D eigenvalue weighted by Gasteiger charge is -2.06. The Hall–Kier alpha value is -0.610. The first-order valence-electron chi connectivity index (χ1n) is 8.11. The van der Waals surface area contributed by atoms with E-state index < -0.39 is 5.97 Å². The lowest BCUT2D eigenvalue weighted by Crippen LogP contribution is -2.11. The smallest absolute Gasteiger partial charge is 0.306 e. The molecule has 0 heterocycles. The van der Waals surface area contributed by atoms with E-state index in [1.54, 1.807) is 0 Å². The Kier molecular flexibility index (Phi) is 19.9. The molecule has 0 fully saturated rings. The van der Waals surface area contributed by atoms with Gasteiger partial charge in [0, 0.05) is 0 Å². The molecule has 4 heteroatoms. The highest BCUT2D eigenvalue weighted by molar-refractivity contribution is 5.69. The quantitative estimate of drug-likeness (QED) is 0.318. The first-order valence-corrected chi connectivity index (χ1v) is 8.11. The number of carbonyl (C=O) groups is 1. The van der Waals surface area contributed by atoms with Gasteiger partial charge in [-0.1, -0.05) is 53.4 Å². The average molecular weight is 290 g/mol. The minimum absolute atomic E-state index is 0.111. The average Bonchev–Trinajstić information content (AvgIpc) is 2.44. The van der Waals surface area contributed by atoms with Crippen LogP contribution < -0.4 is 0 Å². The zero-order chi connectivity index (χ0) is 15.6. The first-order chi connectivity index (χ1) is 9.63. The molecular formula is C16H34O4. The van der Waals surface area contributed by atoms with Gasteiger partial charge in [-0.2, -0.15) is 0 Å². The molecule has 0 saturated carbocycles. The van der Waals surface area contributed by atoms with E-state index in [0.29, 0.717) is 0 Å². The van der Waals surface area contributed by atoms with Gasteiger partial charge in [-0.05, 0) is 25.7 Å². The Morgan fingerprint density at radius 2 is 1.35 bits per heavy atom. The summed E-state index contributed by atoms with van der Waals surface area (Å²) in [6, 6.07) is 0. The number of unbranched alkanes of at least 4 members (excludes halogenated alkanes) is 3. The van der Waals surface area contributed by atoms with Crippen molar-refractivity contribution in [3.05, 3.63) is 0 Å². The third-order valence-electron chi connectivity index (χ3n) is 2.99. The highest BCUT2D eigenvalue weighted by Gasteiger charge is 2.12. The number of rotatable bonds is 12. The van der Waals surface area contributed by atoms with Gasteiger partial charge < -0.3 is 5.11 Å². The summed E-state index contributed by atoms with van der Waals surface area (Å²) in [6.07, 6.45) is 8.22. The van der Waals surface area contributed by atoms with E-state index in [1.807, 2.05) is 6.92 Å². The minimum Gasteiger partial charge on any atom is -0.481 e. The van der Waals surface area contributed by atoms with Gasteiger partial charge in [0.2, 0.25) is 0 Å². The molecule has 0 aliphatic rings. The fourth-order valence-corrected chi connectivity index (χ4v) is 1.48. The van der Waals surface area contributed by atoms with Crippen molar-refractivity contribution in [2.75, 3.05) is 13.2 Å². The lowest BCUT2D eigenvalue weighted by molar-refractivity contribution is -0.295. The van der Waals surface area contributed by atoms with Crippen LogP contribution in [0, 0.1) is 5.92 Å². The number of carboxylic acids is 1. The van der Waals surface area contributed by atoms with E-state index in [2.05, 4.69) is 20.8 Å². The molecule has 4 nitrogen and oxygen atoms in total. The molecule has 122 valence electrons. The molecule has 1 unspecified atom stereocenters. The molecule has 0 aliphatic carbocycles. The van der Waals surface area contributed by atoms with Crippen molar-refractivity contribution in [1.82, 2.24) is 0 Å². The van der Waals surface area contributed by atoms with E-state index in [1.165, 1.54) is 0 Å². The highest BCUT2D eigenvalue weighted by Crippen LogP contribution is 2.11. The van der Waals surface area contributed by atoms with E-state index in [0.717, 1.165) is 64.6 Å². The molecule has 1 atom stereocenters. The topological polar surface area (TPSA) is 55.8 Å². The standard InChI is InChI=1S/C8H16O2.C8H18O2/c1-3-5-6-7(4-2)8(9)10;1-3-5-7-9-10-8-6-4-2/h7H,3-6H2,1-2H3,(H,9,10);3-8H2,1-2H3. The van der Waals surface area contributed by atoms with Crippen LogP contribution in [0.2, 0.25) is 0 Å². The van der Waals surface area contributed by atoms with Gasteiger partial charge in [-0.3, -0.25) is 4.79 Å². The Bertz CT molecular complexity index is 187. The summed E-state index contributed by atoms with van der Waals surface area (Å²) >= 11 is 0. The van der Waals surface area contributed by atoms with Crippen molar-refractivity contribution in [2.45, 2.75) is 79.1 Å². The van der Waals surface area contributed by atoms with E-state index in [9.17, 15) is 4.79 Å². The Balaban J connectivity index is 0. The van der Waals surface area contributed by atoms with E-state index in [-0.39, 0.29) is 5.92 Å². The van der Waals surface area contributed by atoms with Crippen LogP contribution in [-0.4, -0.2) is 24.3 Å². The molecule has 0 radical (unpaired) electrons. The molecule has 0 aromatic rings. The maximum atomic E-state index is 10.4. The molecule has 0 bridgehead atoms. The van der Waals surface area contributed by atoms with Gasteiger partial charge in [0.1, 0.15) is 0 Å². The summed E-state index contributed by atoms with van der Waals surface area (Å²) in [5.74, 6) is -0.754. The second kappa shape index (κ2) is 18.4. The maximum Gasteiger partial charge on any atom is 0.306 e. The van der Waals surface area contributed by atoms with Gasteiger partial charge >= 0.3 is 5.97 Å². The fraction of sp³-hybridized carbons (Fsp3) is 0.938. The van der Waals surface area contributed by atoms with Gasteiger partial charge in [-0.25, -0.2) is 9.78 Å². The van der Waals surface area contributed by atoms with Crippen LogP contribution >= 0.6 is 0 Å². The minimum atomic E-state index is -0.643. The normalized spacial score (nSPS) is 11.6. The van der Waals surface area contributed by atoms with Crippen molar-refractivity contribution < 1.29 is 19.7 Å². The number of hydrogen-bond acceptors (Lipinski definition) is 3. The Morgan fingerprint density at radius 1 is 0.900 bits per heavy atom. The molecule has 0 aromatic heterocycles. The van der Waals surface area contributed by atoms with E-state index >= 15 is 0 Å². The Labute approximate surface area is 124 Å². The van der Waals surface area contributed by atoms with Crippen molar-refractivity contribution in [3.63, 3.8) is 0 Å². The summed E-state index contributed by atoms with van der Waals surface area (Å²) < 4.78 is 0. The number of carboxylic acid groups (broad SMARTS) is 1. The van der Waals surface area contributed by atoms with E-state index in [4.69, 9.17) is 14.9 Å². The summed E-state index contributed by atoms with van der Waals surface area (Å²) in [5, 5.41) is 8.60. The third kappa shape index (κ3) is 17.4. The second-order valence-corrected chi connectivity index (χ2v) is 4.94. The summed E-state index contributed by atoms with van der Waals surface area (Å²) in [5.41, 5.74) is 0. The molecule has 0 amide bonds. The molecule has 20 heavy (non-hydrogen) atoms. The predicted molar refractivity (Wildman–Crippen MR) is 82.7 cm³/mol.